The van der Waals surface area contributed by atoms with E-state index in [-0.39, 0.29) is 12.3 Å². The number of carboxylic acid groups (broad SMARTS) is 1. The van der Waals surface area contributed by atoms with Crippen LogP contribution in [0.1, 0.15) is 48.5 Å². The molecule has 4 nitrogen and oxygen atoms in total. The van der Waals surface area contributed by atoms with Gasteiger partial charge in [-0.25, -0.2) is 0 Å². The van der Waals surface area contributed by atoms with E-state index in [1.54, 1.807) is 6.07 Å². The normalized spacial score (nSPS) is 11.9. The molecule has 1 aromatic carbocycles. The zero-order valence-corrected chi connectivity index (χ0v) is 12.2. The molecule has 0 saturated carbocycles. The molecule has 0 aliphatic heterocycles. The van der Waals surface area contributed by atoms with E-state index < -0.39 is 5.97 Å². The minimum atomic E-state index is -0.757. The zero-order chi connectivity index (χ0) is 15.0. The Labute approximate surface area is 120 Å². The summed E-state index contributed by atoms with van der Waals surface area (Å²) in [7, 11) is 0. The highest BCUT2D eigenvalue weighted by Crippen LogP contribution is 2.14. The predicted molar refractivity (Wildman–Crippen MR) is 78.8 cm³/mol. The fraction of sp³-hybridized carbons (Fsp3) is 0.500. The Morgan fingerprint density at radius 2 is 2.05 bits per heavy atom. The Morgan fingerprint density at radius 1 is 1.30 bits per heavy atom. The van der Waals surface area contributed by atoms with Gasteiger partial charge in [0, 0.05) is 18.5 Å². The number of benzene rings is 1. The van der Waals surface area contributed by atoms with Gasteiger partial charge < -0.3 is 10.4 Å². The highest BCUT2D eigenvalue weighted by atomic mass is 16.4. The summed E-state index contributed by atoms with van der Waals surface area (Å²) in [5.74, 6) is -0.474. The monoisotopic (exact) mass is 277 g/mol. The van der Waals surface area contributed by atoms with E-state index in [2.05, 4.69) is 12.2 Å². The average molecular weight is 277 g/mol. The van der Waals surface area contributed by atoms with Gasteiger partial charge in [-0.3, -0.25) is 9.59 Å². The molecule has 0 bridgehead atoms. The summed E-state index contributed by atoms with van der Waals surface area (Å²) in [6, 6.07) is 7.48. The fourth-order valence-corrected chi connectivity index (χ4v) is 2.16. The molecule has 0 radical (unpaired) electrons. The van der Waals surface area contributed by atoms with Crippen molar-refractivity contribution < 1.29 is 14.7 Å². The summed E-state index contributed by atoms with van der Waals surface area (Å²) >= 11 is 0. The molecular formula is C16H23NO3. The second-order valence-corrected chi connectivity index (χ2v) is 5.12. The van der Waals surface area contributed by atoms with E-state index in [9.17, 15) is 9.59 Å². The van der Waals surface area contributed by atoms with Crippen LogP contribution in [0.3, 0.4) is 0 Å². The SMILES string of the molecule is CCC(CCNC(=O)c1cccc(C)c1)CCC(=O)O. The van der Waals surface area contributed by atoms with Gasteiger partial charge in [0.05, 0.1) is 0 Å². The number of rotatable bonds is 8. The first-order chi connectivity index (χ1) is 9.52. The molecule has 0 aromatic heterocycles. The van der Waals surface area contributed by atoms with Crippen LogP contribution < -0.4 is 5.32 Å². The molecule has 0 saturated heterocycles. The minimum absolute atomic E-state index is 0.0678. The predicted octanol–water partition coefficient (Wildman–Crippen LogP) is 3.01. The summed E-state index contributed by atoms with van der Waals surface area (Å²) in [5, 5.41) is 11.6. The van der Waals surface area contributed by atoms with E-state index in [0.717, 1.165) is 18.4 Å². The van der Waals surface area contributed by atoms with Crippen molar-refractivity contribution in [2.45, 2.75) is 39.5 Å². The molecule has 0 fully saturated rings. The van der Waals surface area contributed by atoms with Gasteiger partial charge >= 0.3 is 5.97 Å². The number of carbonyl (C=O) groups is 2. The molecule has 20 heavy (non-hydrogen) atoms. The number of nitrogens with one attached hydrogen (secondary N) is 1. The Hall–Kier alpha value is -1.84. The lowest BCUT2D eigenvalue weighted by Gasteiger charge is -2.14. The van der Waals surface area contributed by atoms with Gasteiger partial charge in [-0.05, 0) is 37.8 Å². The summed E-state index contributed by atoms with van der Waals surface area (Å²) in [4.78, 5) is 22.5. The molecule has 1 unspecified atom stereocenters. The summed E-state index contributed by atoms with van der Waals surface area (Å²) in [6.45, 7) is 4.59. The molecule has 1 amide bonds. The average Bonchev–Trinajstić information content (AvgIpc) is 2.42. The van der Waals surface area contributed by atoms with Crippen molar-refractivity contribution in [2.75, 3.05) is 6.54 Å². The zero-order valence-electron chi connectivity index (χ0n) is 12.2. The lowest BCUT2D eigenvalue weighted by Crippen LogP contribution is -2.26. The van der Waals surface area contributed by atoms with Gasteiger partial charge in [0.2, 0.25) is 0 Å². The van der Waals surface area contributed by atoms with E-state index >= 15 is 0 Å². The largest absolute Gasteiger partial charge is 0.481 e. The summed E-state index contributed by atoms with van der Waals surface area (Å²) < 4.78 is 0. The van der Waals surface area contributed by atoms with Gasteiger partial charge in [-0.2, -0.15) is 0 Å². The number of aliphatic carboxylic acids is 1. The number of amides is 1. The molecule has 1 atom stereocenters. The van der Waals surface area contributed by atoms with Gasteiger partial charge in [0.25, 0.3) is 5.91 Å². The molecule has 110 valence electrons. The molecule has 1 rings (SSSR count). The molecule has 4 heteroatoms. The van der Waals surface area contributed by atoms with Crippen molar-refractivity contribution >= 4 is 11.9 Å². The van der Waals surface area contributed by atoms with Crippen LogP contribution in [0.15, 0.2) is 24.3 Å². The topological polar surface area (TPSA) is 66.4 Å². The van der Waals surface area contributed by atoms with Crippen molar-refractivity contribution in [3.05, 3.63) is 35.4 Å². The Bertz CT molecular complexity index is 457. The fourth-order valence-electron chi connectivity index (χ4n) is 2.16. The summed E-state index contributed by atoms with van der Waals surface area (Å²) in [6.07, 6.45) is 2.63. The van der Waals surface area contributed by atoms with Crippen molar-refractivity contribution in [2.24, 2.45) is 5.92 Å². The third kappa shape index (κ3) is 5.87. The first kappa shape index (κ1) is 16.2. The highest BCUT2D eigenvalue weighted by molar-refractivity contribution is 5.94. The van der Waals surface area contributed by atoms with E-state index in [0.29, 0.717) is 24.4 Å². The van der Waals surface area contributed by atoms with Crippen LogP contribution >= 0.6 is 0 Å². The number of aryl methyl sites for hydroxylation is 1. The van der Waals surface area contributed by atoms with Crippen LogP contribution in [0, 0.1) is 12.8 Å². The third-order valence-electron chi connectivity index (χ3n) is 3.46. The van der Waals surface area contributed by atoms with E-state index in [1.165, 1.54) is 0 Å². The van der Waals surface area contributed by atoms with Gasteiger partial charge in [0.1, 0.15) is 0 Å². The van der Waals surface area contributed by atoms with E-state index in [4.69, 9.17) is 5.11 Å². The summed E-state index contributed by atoms with van der Waals surface area (Å²) in [5.41, 5.74) is 1.73. The van der Waals surface area contributed by atoms with Crippen LogP contribution in [0.2, 0.25) is 0 Å². The highest BCUT2D eigenvalue weighted by Gasteiger charge is 2.10. The lowest BCUT2D eigenvalue weighted by molar-refractivity contribution is -0.137. The van der Waals surface area contributed by atoms with Gasteiger partial charge in [-0.1, -0.05) is 31.0 Å². The van der Waals surface area contributed by atoms with Crippen LogP contribution in [0.5, 0.6) is 0 Å². The van der Waals surface area contributed by atoms with Crippen LogP contribution in [-0.4, -0.2) is 23.5 Å². The van der Waals surface area contributed by atoms with Crippen molar-refractivity contribution in [3.63, 3.8) is 0 Å². The number of hydrogen-bond acceptors (Lipinski definition) is 2. The van der Waals surface area contributed by atoms with Crippen molar-refractivity contribution in [3.8, 4) is 0 Å². The minimum Gasteiger partial charge on any atom is -0.481 e. The second kappa shape index (κ2) is 8.35. The number of carbonyl (C=O) groups excluding carboxylic acids is 1. The Kier molecular flexibility index (Phi) is 6.77. The van der Waals surface area contributed by atoms with Crippen molar-refractivity contribution in [1.82, 2.24) is 5.32 Å². The first-order valence-electron chi connectivity index (χ1n) is 7.09. The molecular weight excluding hydrogens is 254 g/mol. The van der Waals surface area contributed by atoms with Gasteiger partial charge in [0.15, 0.2) is 0 Å². The number of carboxylic acids is 1. The molecule has 0 aliphatic carbocycles. The van der Waals surface area contributed by atoms with E-state index in [1.807, 2.05) is 25.1 Å². The van der Waals surface area contributed by atoms with Crippen LogP contribution in [0.4, 0.5) is 0 Å². The maximum Gasteiger partial charge on any atom is 0.303 e. The molecule has 1 aromatic rings. The molecule has 0 aliphatic rings. The van der Waals surface area contributed by atoms with Crippen molar-refractivity contribution in [1.29, 1.82) is 0 Å². The smallest absolute Gasteiger partial charge is 0.303 e. The van der Waals surface area contributed by atoms with Crippen LogP contribution in [-0.2, 0) is 4.79 Å². The Balaban J connectivity index is 2.35. The maximum absolute atomic E-state index is 11.9. The number of hydrogen-bond donors (Lipinski definition) is 2. The lowest BCUT2D eigenvalue weighted by atomic mass is 9.96. The van der Waals surface area contributed by atoms with Gasteiger partial charge in [-0.15, -0.1) is 0 Å². The maximum atomic E-state index is 11.9. The second-order valence-electron chi connectivity index (χ2n) is 5.12. The quantitative estimate of drug-likeness (QED) is 0.767. The third-order valence-corrected chi connectivity index (χ3v) is 3.46. The first-order valence-corrected chi connectivity index (χ1v) is 7.09. The Morgan fingerprint density at radius 3 is 2.65 bits per heavy atom. The molecule has 0 heterocycles. The molecule has 0 spiro atoms. The van der Waals surface area contributed by atoms with Crippen LogP contribution in [0.25, 0.3) is 0 Å². The molecule has 2 N–H and O–H groups in total. The standard InChI is InChI=1S/C16H23NO3/c1-3-13(7-8-15(18)19)9-10-17-16(20)14-6-4-5-12(2)11-14/h4-6,11,13H,3,7-10H2,1-2H3,(H,17,20)(H,18,19).